The third-order valence-electron chi connectivity index (χ3n) is 3.59. The Morgan fingerprint density at radius 3 is 2.95 bits per heavy atom. The third kappa shape index (κ3) is 3.13. The topological polar surface area (TPSA) is 76.4 Å². The number of aryl methyl sites for hydroxylation is 1. The number of nitrogens with one attached hydrogen (secondary N) is 1. The zero-order chi connectivity index (χ0) is 13.9. The van der Waals surface area contributed by atoms with E-state index in [1.54, 1.807) is 18.7 Å². The van der Waals surface area contributed by atoms with Crippen molar-refractivity contribution in [2.24, 2.45) is 7.05 Å². The summed E-state index contributed by atoms with van der Waals surface area (Å²) >= 11 is 0. The molecule has 1 fully saturated rings. The zero-order valence-corrected chi connectivity index (χ0v) is 11.5. The maximum Gasteiger partial charge on any atom is 0.341 e. The van der Waals surface area contributed by atoms with Crippen molar-refractivity contribution in [2.45, 2.75) is 38.3 Å². The highest BCUT2D eigenvalue weighted by molar-refractivity contribution is 5.90. The zero-order valence-electron chi connectivity index (χ0n) is 11.5. The van der Waals surface area contributed by atoms with Crippen LogP contribution in [0.25, 0.3) is 0 Å². The van der Waals surface area contributed by atoms with Crippen molar-refractivity contribution < 1.29 is 14.6 Å². The van der Waals surface area contributed by atoms with E-state index in [1.165, 1.54) is 6.20 Å². The van der Waals surface area contributed by atoms with Gasteiger partial charge in [-0.2, -0.15) is 5.10 Å². The summed E-state index contributed by atoms with van der Waals surface area (Å²) in [7, 11) is 1.79. The van der Waals surface area contributed by atoms with Crippen molar-refractivity contribution in [3.8, 4) is 0 Å². The molecule has 6 nitrogen and oxygen atoms in total. The van der Waals surface area contributed by atoms with Crippen molar-refractivity contribution in [1.29, 1.82) is 0 Å². The van der Waals surface area contributed by atoms with E-state index in [-0.39, 0.29) is 5.97 Å². The first-order chi connectivity index (χ1) is 9.06. The number of aliphatic hydroxyl groups is 1. The molecule has 0 bridgehead atoms. The van der Waals surface area contributed by atoms with Gasteiger partial charge in [-0.05, 0) is 26.2 Å². The largest absolute Gasteiger partial charge is 0.462 e. The molecule has 1 aliphatic carbocycles. The molecule has 106 valence electrons. The molecule has 1 aromatic rings. The van der Waals surface area contributed by atoms with Gasteiger partial charge in [-0.25, -0.2) is 4.79 Å². The molecule has 0 radical (unpaired) electrons. The van der Waals surface area contributed by atoms with Crippen LogP contribution in [0.4, 0.5) is 0 Å². The Bertz CT molecular complexity index is 452. The second kappa shape index (κ2) is 5.71. The number of hydrogen-bond donors (Lipinski definition) is 2. The fraction of sp³-hybridized carbons (Fsp3) is 0.692. The van der Waals surface area contributed by atoms with E-state index in [2.05, 4.69) is 10.4 Å². The van der Waals surface area contributed by atoms with Gasteiger partial charge in [0, 0.05) is 20.1 Å². The average molecular weight is 267 g/mol. The Labute approximate surface area is 112 Å². The smallest absolute Gasteiger partial charge is 0.341 e. The van der Waals surface area contributed by atoms with Crippen LogP contribution in [0.5, 0.6) is 0 Å². The number of nitrogens with zero attached hydrogens (tertiary/aromatic N) is 2. The molecule has 1 saturated carbocycles. The second-order valence-electron chi connectivity index (χ2n) is 5.03. The van der Waals surface area contributed by atoms with E-state index >= 15 is 0 Å². The Morgan fingerprint density at radius 2 is 2.37 bits per heavy atom. The monoisotopic (exact) mass is 267 g/mol. The highest BCUT2D eigenvalue weighted by atomic mass is 16.5. The molecule has 0 unspecified atom stereocenters. The van der Waals surface area contributed by atoms with Crippen molar-refractivity contribution in [3.63, 3.8) is 0 Å². The van der Waals surface area contributed by atoms with Gasteiger partial charge in [0.25, 0.3) is 0 Å². The van der Waals surface area contributed by atoms with Crippen molar-refractivity contribution in [1.82, 2.24) is 15.1 Å². The number of hydrogen-bond acceptors (Lipinski definition) is 5. The quantitative estimate of drug-likeness (QED) is 0.738. The lowest BCUT2D eigenvalue weighted by Crippen LogP contribution is -2.46. The summed E-state index contributed by atoms with van der Waals surface area (Å²) in [5.74, 6) is -0.352. The average Bonchev–Trinajstić information content (AvgIpc) is 2.69. The Hall–Kier alpha value is -1.40. The summed E-state index contributed by atoms with van der Waals surface area (Å²) in [5, 5.41) is 17.3. The summed E-state index contributed by atoms with van der Waals surface area (Å²) in [5.41, 5.74) is 0.696. The van der Waals surface area contributed by atoms with Crippen LogP contribution >= 0.6 is 0 Å². The summed E-state index contributed by atoms with van der Waals surface area (Å²) < 4.78 is 6.65. The molecule has 1 aromatic heterocycles. The molecule has 0 spiro atoms. The molecule has 2 rings (SSSR count). The molecular weight excluding hydrogens is 246 g/mol. The van der Waals surface area contributed by atoms with Gasteiger partial charge in [0.15, 0.2) is 0 Å². The predicted molar refractivity (Wildman–Crippen MR) is 69.7 cm³/mol. The Balaban J connectivity index is 1.95. The van der Waals surface area contributed by atoms with E-state index in [4.69, 9.17) is 4.74 Å². The lowest BCUT2D eigenvalue weighted by Gasteiger charge is -2.36. The van der Waals surface area contributed by atoms with E-state index in [0.717, 1.165) is 25.0 Å². The van der Waals surface area contributed by atoms with Crippen LogP contribution in [0.2, 0.25) is 0 Å². The van der Waals surface area contributed by atoms with Crippen LogP contribution < -0.4 is 5.32 Å². The fourth-order valence-corrected chi connectivity index (χ4v) is 2.23. The van der Waals surface area contributed by atoms with Gasteiger partial charge in [-0.3, -0.25) is 4.68 Å². The highest BCUT2D eigenvalue weighted by Crippen LogP contribution is 2.30. The maximum absolute atomic E-state index is 11.8. The molecule has 0 saturated heterocycles. The van der Waals surface area contributed by atoms with Crippen molar-refractivity contribution in [2.75, 3.05) is 13.2 Å². The number of aromatic nitrogens is 2. The van der Waals surface area contributed by atoms with Gasteiger partial charge in [-0.1, -0.05) is 0 Å². The first kappa shape index (κ1) is 14.0. The molecule has 1 heterocycles. The minimum Gasteiger partial charge on any atom is -0.462 e. The highest BCUT2D eigenvalue weighted by Gasteiger charge is 2.33. The molecule has 19 heavy (non-hydrogen) atoms. The maximum atomic E-state index is 11.8. The fourth-order valence-electron chi connectivity index (χ4n) is 2.23. The van der Waals surface area contributed by atoms with Crippen molar-refractivity contribution >= 4 is 5.97 Å². The van der Waals surface area contributed by atoms with Crippen LogP contribution in [-0.2, 0) is 18.3 Å². The molecule has 0 amide bonds. The summed E-state index contributed by atoms with van der Waals surface area (Å²) in [4.78, 5) is 11.8. The van der Waals surface area contributed by atoms with Crippen LogP contribution in [0, 0.1) is 0 Å². The van der Waals surface area contributed by atoms with E-state index in [9.17, 15) is 9.90 Å². The number of rotatable bonds is 6. The van der Waals surface area contributed by atoms with Crippen LogP contribution in [0.15, 0.2) is 6.20 Å². The third-order valence-corrected chi connectivity index (χ3v) is 3.59. The summed E-state index contributed by atoms with van der Waals surface area (Å²) in [6.45, 7) is 3.16. The van der Waals surface area contributed by atoms with Crippen LogP contribution in [-0.4, -0.2) is 39.6 Å². The lowest BCUT2D eigenvalue weighted by atomic mass is 9.80. The predicted octanol–water partition coefficient (Wildman–Crippen LogP) is 0.601. The molecule has 2 N–H and O–H groups in total. The Kier molecular flexibility index (Phi) is 4.21. The van der Waals surface area contributed by atoms with E-state index in [0.29, 0.717) is 25.3 Å². The summed E-state index contributed by atoms with van der Waals surface area (Å²) in [6, 6.07) is 0. The molecule has 0 aliphatic heterocycles. The Morgan fingerprint density at radius 1 is 1.63 bits per heavy atom. The van der Waals surface area contributed by atoms with E-state index in [1.807, 2.05) is 0 Å². The van der Waals surface area contributed by atoms with Gasteiger partial charge in [-0.15, -0.1) is 0 Å². The van der Waals surface area contributed by atoms with Crippen LogP contribution in [0.3, 0.4) is 0 Å². The standard InChI is InChI=1S/C13H21N3O3/c1-3-19-12(17)10-7-15-16(2)11(10)8-14-9-13(18)5-4-6-13/h7,14,18H,3-6,8-9H2,1-2H3. The number of ether oxygens (including phenoxy) is 1. The SMILES string of the molecule is CCOC(=O)c1cnn(C)c1CNCC1(O)CCC1. The number of carbonyl (C=O) groups excluding carboxylic acids is 1. The molecule has 1 aliphatic rings. The van der Waals surface area contributed by atoms with Gasteiger partial charge in [0.2, 0.25) is 0 Å². The molecule has 6 heteroatoms. The first-order valence-electron chi connectivity index (χ1n) is 6.67. The number of carbonyl (C=O) groups is 1. The van der Waals surface area contributed by atoms with Gasteiger partial charge >= 0.3 is 5.97 Å². The molecule has 0 atom stereocenters. The number of esters is 1. The first-order valence-corrected chi connectivity index (χ1v) is 6.67. The van der Waals surface area contributed by atoms with Gasteiger partial charge in [0.1, 0.15) is 5.56 Å². The second-order valence-corrected chi connectivity index (χ2v) is 5.03. The van der Waals surface area contributed by atoms with Gasteiger partial charge < -0.3 is 15.2 Å². The summed E-state index contributed by atoms with van der Waals surface area (Å²) in [6.07, 6.45) is 4.29. The van der Waals surface area contributed by atoms with Crippen LogP contribution in [0.1, 0.15) is 42.2 Å². The lowest BCUT2D eigenvalue weighted by molar-refractivity contribution is -0.0315. The van der Waals surface area contributed by atoms with E-state index < -0.39 is 5.60 Å². The van der Waals surface area contributed by atoms with Gasteiger partial charge in [0.05, 0.1) is 24.1 Å². The van der Waals surface area contributed by atoms with Crippen molar-refractivity contribution in [3.05, 3.63) is 17.5 Å². The normalized spacial score (nSPS) is 17.0. The minimum absolute atomic E-state index is 0.348. The minimum atomic E-state index is -0.567. The molecule has 0 aromatic carbocycles. The molecular formula is C13H21N3O3.